The lowest BCUT2D eigenvalue weighted by molar-refractivity contribution is 0.693. The molecule has 104 valence electrons. The van der Waals surface area contributed by atoms with Gasteiger partial charge in [-0.3, -0.25) is 4.68 Å². The lowest BCUT2D eigenvalue weighted by Gasteiger charge is -2.02. The Kier molecular flexibility index (Phi) is 4.05. The van der Waals surface area contributed by atoms with E-state index >= 15 is 0 Å². The lowest BCUT2D eigenvalue weighted by Crippen LogP contribution is -2.15. The van der Waals surface area contributed by atoms with E-state index in [9.17, 15) is 0 Å². The zero-order valence-corrected chi connectivity index (χ0v) is 12.8. The summed E-state index contributed by atoms with van der Waals surface area (Å²) >= 11 is 8.18. The summed E-state index contributed by atoms with van der Waals surface area (Å²) in [4.78, 5) is 1.21. The maximum absolute atomic E-state index is 6.41. The zero-order chi connectivity index (χ0) is 13.9. The quantitative estimate of drug-likeness (QED) is 0.730. The number of benzene rings is 1. The zero-order valence-electron chi connectivity index (χ0n) is 11.3. The first kappa shape index (κ1) is 13.6. The molecule has 1 N–H and O–H groups in total. The summed E-state index contributed by atoms with van der Waals surface area (Å²) in [7, 11) is 1.94. The third-order valence-corrected chi connectivity index (χ3v) is 4.95. The first-order valence-corrected chi connectivity index (χ1v) is 7.77. The molecule has 0 atom stereocenters. The molecule has 0 spiro atoms. The van der Waals surface area contributed by atoms with Gasteiger partial charge in [0.15, 0.2) is 0 Å². The number of aryl methyl sites for hydroxylation is 1. The Bertz CT molecular complexity index is 717. The van der Waals surface area contributed by atoms with E-state index < -0.39 is 0 Å². The number of hydrogen-bond acceptors (Lipinski definition) is 3. The van der Waals surface area contributed by atoms with Crippen LogP contribution in [0.3, 0.4) is 0 Å². The van der Waals surface area contributed by atoms with Crippen molar-refractivity contribution in [2.45, 2.75) is 13.0 Å². The minimum Gasteiger partial charge on any atom is -0.311 e. The summed E-state index contributed by atoms with van der Waals surface area (Å²) < 4.78 is 3.08. The summed E-state index contributed by atoms with van der Waals surface area (Å²) in [6.07, 6.45) is 4.94. The van der Waals surface area contributed by atoms with Crippen LogP contribution >= 0.6 is 22.9 Å². The fraction of sp³-hybridized carbons (Fsp3) is 0.267. The first-order valence-electron chi connectivity index (χ1n) is 6.58. The molecule has 0 aliphatic heterocycles. The highest BCUT2D eigenvalue weighted by Gasteiger charge is 2.08. The second-order valence-corrected chi connectivity index (χ2v) is 6.30. The van der Waals surface area contributed by atoms with E-state index in [1.165, 1.54) is 15.1 Å². The highest BCUT2D eigenvalue weighted by atomic mass is 35.5. The first-order chi connectivity index (χ1) is 9.74. The number of aromatic nitrogens is 2. The van der Waals surface area contributed by atoms with Crippen LogP contribution in [0.5, 0.6) is 0 Å². The van der Waals surface area contributed by atoms with E-state index in [4.69, 9.17) is 11.6 Å². The van der Waals surface area contributed by atoms with Crippen LogP contribution in [-0.2, 0) is 20.0 Å². The molecule has 0 saturated heterocycles. The smallest absolute Gasteiger partial charge is 0.0636 e. The van der Waals surface area contributed by atoms with Gasteiger partial charge in [-0.15, -0.1) is 11.3 Å². The Labute approximate surface area is 127 Å². The van der Waals surface area contributed by atoms with Crippen LogP contribution in [0.25, 0.3) is 10.1 Å². The van der Waals surface area contributed by atoms with Crippen LogP contribution in [0, 0.1) is 0 Å². The highest BCUT2D eigenvalue weighted by Crippen LogP contribution is 2.34. The summed E-state index contributed by atoms with van der Waals surface area (Å²) in [6, 6.07) is 8.27. The van der Waals surface area contributed by atoms with E-state index in [2.05, 4.69) is 28.6 Å². The third-order valence-electron chi connectivity index (χ3n) is 3.24. The van der Waals surface area contributed by atoms with Crippen LogP contribution in [0.4, 0.5) is 0 Å². The third kappa shape index (κ3) is 2.87. The molecule has 0 radical (unpaired) electrons. The number of fused-ring (bicyclic) bond motifs is 1. The van der Waals surface area contributed by atoms with Gasteiger partial charge in [0.2, 0.25) is 0 Å². The van der Waals surface area contributed by atoms with E-state index in [0.717, 1.165) is 29.9 Å². The Morgan fingerprint density at radius 2 is 2.20 bits per heavy atom. The summed E-state index contributed by atoms with van der Waals surface area (Å²) in [5.41, 5.74) is 1.25. The number of nitrogens with zero attached hydrogens (tertiary/aromatic N) is 2. The predicted molar refractivity (Wildman–Crippen MR) is 85.5 cm³/mol. The monoisotopic (exact) mass is 305 g/mol. The molecule has 0 amide bonds. The van der Waals surface area contributed by atoms with Crippen LogP contribution < -0.4 is 5.32 Å². The lowest BCUT2D eigenvalue weighted by atomic mass is 10.2. The molecule has 3 nitrogen and oxygen atoms in total. The van der Waals surface area contributed by atoms with Gasteiger partial charge >= 0.3 is 0 Å². The number of halogens is 1. The molecule has 3 aromatic rings. The maximum atomic E-state index is 6.41. The van der Waals surface area contributed by atoms with E-state index in [-0.39, 0.29) is 0 Å². The molecule has 0 aliphatic carbocycles. The Morgan fingerprint density at radius 1 is 1.35 bits per heavy atom. The molecule has 0 saturated carbocycles. The SMILES string of the molecule is Cn1cc(CCNCc2sc3ccccc3c2Cl)cn1. The van der Waals surface area contributed by atoms with Gasteiger partial charge in [-0.05, 0) is 24.6 Å². The highest BCUT2D eigenvalue weighted by molar-refractivity contribution is 7.19. The normalized spacial score (nSPS) is 11.3. The van der Waals surface area contributed by atoms with Crippen molar-refractivity contribution >= 4 is 33.0 Å². The largest absolute Gasteiger partial charge is 0.311 e. The van der Waals surface area contributed by atoms with Crippen molar-refractivity contribution in [2.75, 3.05) is 6.54 Å². The van der Waals surface area contributed by atoms with Gasteiger partial charge in [0, 0.05) is 34.8 Å². The van der Waals surface area contributed by atoms with Crippen molar-refractivity contribution in [1.82, 2.24) is 15.1 Å². The molecule has 0 fully saturated rings. The van der Waals surface area contributed by atoms with Gasteiger partial charge in [0.05, 0.1) is 11.2 Å². The fourth-order valence-electron chi connectivity index (χ4n) is 2.21. The molecule has 0 aliphatic rings. The number of nitrogens with one attached hydrogen (secondary N) is 1. The van der Waals surface area contributed by atoms with Gasteiger partial charge in [0.25, 0.3) is 0 Å². The average molecular weight is 306 g/mol. The molecule has 1 aromatic carbocycles. The Hall–Kier alpha value is -1.36. The average Bonchev–Trinajstić information content (AvgIpc) is 3.00. The van der Waals surface area contributed by atoms with Crippen molar-refractivity contribution in [3.05, 3.63) is 52.1 Å². The summed E-state index contributed by atoms with van der Waals surface area (Å²) in [5, 5.41) is 9.66. The molecular formula is C15H16ClN3S. The van der Waals surface area contributed by atoms with Crippen molar-refractivity contribution in [1.29, 1.82) is 0 Å². The minimum atomic E-state index is 0.818. The van der Waals surface area contributed by atoms with Crippen LogP contribution in [-0.4, -0.2) is 16.3 Å². The van der Waals surface area contributed by atoms with Crippen molar-refractivity contribution in [3.63, 3.8) is 0 Å². The molecule has 2 heterocycles. The second-order valence-electron chi connectivity index (χ2n) is 4.78. The van der Waals surface area contributed by atoms with Crippen molar-refractivity contribution < 1.29 is 0 Å². The maximum Gasteiger partial charge on any atom is 0.0636 e. The van der Waals surface area contributed by atoms with Gasteiger partial charge in [-0.2, -0.15) is 5.10 Å². The van der Waals surface area contributed by atoms with Gasteiger partial charge in [0.1, 0.15) is 0 Å². The topological polar surface area (TPSA) is 29.9 Å². The van der Waals surface area contributed by atoms with Gasteiger partial charge < -0.3 is 5.32 Å². The van der Waals surface area contributed by atoms with E-state index in [1.54, 1.807) is 11.3 Å². The molecule has 0 bridgehead atoms. The minimum absolute atomic E-state index is 0.818. The predicted octanol–water partition coefficient (Wildman–Crippen LogP) is 3.62. The Morgan fingerprint density at radius 3 is 2.95 bits per heavy atom. The van der Waals surface area contributed by atoms with E-state index in [1.807, 2.05) is 30.2 Å². The number of rotatable bonds is 5. The molecular weight excluding hydrogens is 290 g/mol. The second kappa shape index (κ2) is 5.95. The molecule has 3 rings (SSSR count). The van der Waals surface area contributed by atoms with Crippen LogP contribution in [0.1, 0.15) is 10.4 Å². The van der Waals surface area contributed by atoms with Crippen molar-refractivity contribution in [2.24, 2.45) is 7.05 Å². The summed E-state index contributed by atoms with van der Waals surface area (Å²) in [6.45, 7) is 1.74. The number of hydrogen-bond donors (Lipinski definition) is 1. The van der Waals surface area contributed by atoms with Crippen LogP contribution in [0.2, 0.25) is 5.02 Å². The summed E-state index contributed by atoms with van der Waals surface area (Å²) in [5.74, 6) is 0. The van der Waals surface area contributed by atoms with Crippen LogP contribution in [0.15, 0.2) is 36.7 Å². The standard InChI is InChI=1S/C15H16ClN3S/c1-19-10-11(8-18-19)6-7-17-9-14-15(16)12-4-2-3-5-13(12)20-14/h2-5,8,10,17H,6-7,9H2,1H3. The molecule has 5 heteroatoms. The molecule has 0 unspecified atom stereocenters. The molecule has 20 heavy (non-hydrogen) atoms. The van der Waals surface area contributed by atoms with Gasteiger partial charge in [-0.25, -0.2) is 0 Å². The molecule has 2 aromatic heterocycles. The van der Waals surface area contributed by atoms with Crippen molar-refractivity contribution in [3.8, 4) is 0 Å². The number of thiophene rings is 1. The fourth-order valence-corrected chi connectivity index (χ4v) is 3.68. The van der Waals surface area contributed by atoms with Gasteiger partial charge in [-0.1, -0.05) is 29.8 Å². The Balaban J connectivity index is 1.58. The van der Waals surface area contributed by atoms with E-state index in [0.29, 0.717) is 0 Å².